The van der Waals surface area contributed by atoms with Gasteiger partial charge in [-0.3, -0.25) is 5.41 Å². The predicted octanol–water partition coefficient (Wildman–Crippen LogP) is 0.594. The van der Waals surface area contributed by atoms with Crippen molar-refractivity contribution in [2.45, 2.75) is 51.2 Å². The highest BCUT2D eigenvalue weighted by Gasteiger charge is 2.24. The SMILES string of the molecule is CCCC(NS(=O)(=O)c1cn(CC)c(C)n1)C(=N)N. The molecule has 0 aliphatic heterocycles. The minimum Gasteiger partial charge on any atom is -0.386 e. The fourth-order valence-corrected chi connectivity index (χ4v) is 3.00. The second-order valence-electron chi connectivity index (χ2n) is 4.33. The number of hydrogen-bond acceptors (Lipinski definition) is 4. The molecule has 1 unspecified atom stereocenters. The molecule has 0 amide bonds. The Morgan fingerprint density at radius 1 is 1.58 bits per heavy atom. The van der Waals surface area contributed by atoms with Crippen LogP contribution in [0, 0.1) is 12.3 Å². The lowest BCUT2D eigenvalue weighted by molar-refractivity contribution is 0.562. The molecule has 0 bridgehead atoms. The molecule has 1 aromatic rings. The lowest BCUT2D eigenvalue weighted by Crippen LogP contribution is -2.43. The maximum atomic E-state index is 12.2. The molecule has 0 spiro atoms. The van der Waals surface area contributed by atoms with Crippen molar-refractivity contribution in [3.63, 3.8) is 0 Å². The fourth-order valence-electron chi connectivity index (χ4n) is 1.74. The second-order valence-corrected chi connectivity index (χ2v) is 5.99. The van der Waals surface area contributed by atoms with E-state index in [2.05, 4.69) is 9.71 Å². The maximum Gasteiger partial charge on any atom is 0.260 e. The second kappa shape index (κ2) is 6.16. The molecule has 1 rings (SSSR count). The molecule has 0 radical (unpaired) electrons. The van der Waals surface area contributed by atoms with E-state index < -0.39 is 16.1 Å². The number of aromatic nitrogens is 2. The molecule has 8 heteroatoms. The third kappa shape index (κ3) is 3.77. The van der Waals surface area contributed by atoms with Crippen LogP contribution < -0.4 is 10.5 Å². The van der Waals surface area contributed by atoms with Crippen LogP contribution in [0.3, 0.4) is 0 Å². The molecular formula is C11H21N5O2S. The summed E-state index contributed by atoms with van der Waals surface area (Å²) in [5, 5.41) is 7.37. The van der Waals surface area contributed by atoms with E-state index in [9.17, 15) is 8.42 Å². The van der Waals surface area contributed by atoms with E-state index in [1.807, 2.05) is 13.8 Å². The summed E-state index contributed by atoms with van der Waals surface area (Å²) in [6.07, 6.45) is 2.71. The Morgan fingerprint density at radius 2 is 2.21 bits per heavy atom. The van der Waals surface area contributed by atoms with Gasteiger partial charge in [0.15, 0.2) is 5.03 Å². The molecule has 1 aromatic heterocycles. The van der Waals surface area contributed by atoms with Gasteiger partial charge in [-0.1, -0.05) is 13.3 Å². The Balaban J connectivity index is 2.99. The first kappa shape index (κ1) is 15.6. The van der Waals surface area contributed by atoms with Crippen LogP contribution in [0.1, 0.15) is 32.5 Å². The van der Waals surface area contributed by atoms with Crippen LogP contribution in [-0.2, 0) is 16.6 Å². The van der Waals surface area contributed by atoms with Crippen molar-refractivity contribution in [2.75, 3.05) is 0 Å². The summed E-state index contributed by atoms with van der Waals surface area (Å²) in [4.78, 5) is 4.03. The molecule has 19 heavy (non-hydrogen) atoms. The van der Waals surface area contributed by atoms with Gasteiger partial charge in [0.05, 0.1) is 6.04 Å². The van der Waals surface area contributed by atoms with Crippen molar-refractivity contribution < 1.29 is 8.42 Å². The Morgan fingerprint density at radius 3 is 2.63 bits per heavy atom. The number of nitrogens with two attached hydrogens (primary N) is 1. The first-order valence-electron chi connectivity index (χ1n) is 6.21. The van der Waals surface area contributed by atoms with Gasteiger partial charge in [0.1, 0.15) is 11.7 Å². The number of hydrogen-bond donors (Lipinski definition) is 3. The lowest BCUT2D eigenvalue weighted by Gasteiger charge is -2.15. The highest BCUT2D eigenvalue weighted by molar-refractivity contribution is 7.89. The Bertz CT molecular complexity index is 549. The number of nitrogens with zero attached hydrogens (tertiary/aromatic N) is 2. The van der Waals surface area contributed by atoms with Gasteiger partial charge in [-0.15, -0.1) is 0 Å². The highest BCUT2D eigenvalue weighted by Crippen LogP contribution is 2.10. The van der Waals surface area contributed by atoms with E-state index in [0.29, 0.717) is 18.8 Å². The third-order valence-electron chi connectivity index (χ3n) is 2.82. The maximum absolute atomic E-state index is 12.2. The molecule has 0 saturated heterocycles. The monoisotopic (exact) mass is 287 g/mol. The van der Waals surface area contributed by atoms with Crippen LogP contribution in [-0.4, -0.2) is 29.8 Å². The van der Waals surface area contributed by atoms with E-state index in [4.69, 9.17) is 11.1 Å². The zero-order valence-electron chi connectivity index (χ0n) is 11.5. The number of sulfonamides is 1. The van der Waals surface area contributed by atoms with Crippen molar-refractivity contribution in [1.82, 2.24) is 14.3 Å². The summed E-state index contributed by atoms with van der Waals surface area (Å²) >= 11 is 0. The standard InChI is InChI=1S/C11H21N5O2S/c1-4-6-9(11(12)13)15-19(17,18)10-7-16(5-2)8(3)14-10/h7,9,15H,4-6H2,1-3H3,(H3,12,13). The quantitative estimate of drug-likeness (QED) is 0.503. The summed E-state index contributed by atoms with van der Waals surface area (Å²) in [7, 11) is -3.74. The van der Waals surface area contributed by atoms with Gasteiger partial charge in [-0.25, -0.2) is 13.4 Å². The Hall–Kier alpha value is -1.41. The van der Waals surface area contributed by atoms with Crippen molar-refractivity contribution in [3.8, 4) is 0 Å². The van der Waals surface area contributed by atoms with Crippen molar-refractivity contribution >= 4 is 15.9 Å². The molecule has 1 atom stereocenters. The molecule has 0 aromatic carbocycles. The van der Waals surface area contributed by atoms with Gasteiger partial charge in [0.2, 0.25) is 0 Å². The topological polar surface area (TPSA) is 114 Å². The average molecular weight is 287 g/mol. The smallest absolute Gasteiger partial charge is 0.260 e. The Kier molecular flexibility index (Phi) is 5.07. The average Bonchev–Trinajstić information content (AvgIpc) is 2.70. The van der Waals surface area contributed by atoms with Gasteiger partial charge in [0, 0.05) is 12.7 Å². The van der Waals surface area contributed by atoms with Crippen LogP contribution in [0.2, 0.25) is 0 Å². The van der Waals surface area contributed by atoms with E-state index in [1.165, 1.54) is 6.20 Å². The van der Waals surface area contributed by atoms with Gasteiger partial charge in [0.25, 0.3) is 10.0 Å². The normalized spacial score (nSPS) is 13.4. The number of nitrogens with one attached hydrogen (secondary N) is 2. The zero-order chi connectivity index (χ0) is 14.6. The van der Waals surface area contributed by atoms with Crippen LogP contribution in [0.4, 0.5) is 0 Å². The number of rotatable bonds is 7. The van der Waals surface area contributed by atoms with Crippen LogP contribution >= 0.6 is 0 Å². The van der Waals surface area contributed by atoms with Crippen molar-refractivity contribution in [2.24, 2.45) is 5.73 Å². The van der Waals surface area contributed by atoms with E-state index in [0.717, 1.165) is 6.42 Å². The fraction of sp³-hybridized carbons (Fsp3) is 0.636. The molecule has 0 fully saturated rings. The first-order valence-corrected chi connectivity index (χ1v) is 7.70. The molecule has 108 valence electrons. The molecular weight excluding hydrogens is 266 g/mol. The zero-order valence-corrected chi connectivity index (χ0v) is 12.3. The molecule has 0 saturated carbocycles. The Labute approximate surface area is 113 Å². The molecule has 4 N–H and O–H groups in total. The molecule has 7 nitrogen and oxygen atoms in total. The molecule has 0 aliphatic carbocycles. The van der Waals surface area contributed by atoms with E-state index in [1.54, 1.807) is 11.5 Å². The predicted molar refractivity (Wildman–Crippen MR) is 73.6 cm³/mol. The van der Waals surface area contributed by atoms with Gasteiger partial charge >= 0.3 is 0 Å². The van der Waals surface area contributed by atoms with Crippen molar-refractivity contribution in [1.29, 1.82) is 5.41 Å². The third-order valence-corrected chi connectivity index (χ3v) is 4.16. The van der Waals surface area contributed by atoms with Crippen LogP contribution in [0.5, 0.6) is 0 Å². The highest BCUT2D eigenvalue weighted by atomic mass is 32.2. The number of aryl methyl sites for hydroxylation is 2. The summed E-state index contributed by atoms with van der Waals surface area (Å²) < 4.78 is 28.5. The van der Waals surface area contributed by atoms with Crippen LogP contribution in [0.25, 0.3) is 0 Å². The lowest BCUT2D eigenvalue weighted by atomic mass is 10.2. The largest absolute Gasteiger partial charge is 0.386 e. The van der Waals surface area contributed by atoms with Gasteiger partial charge in [-0.2, -0.15) is 4.72 Å². The van der Waals surface area contributed by atoms with E-state index in [-0.39, 0.29) is 10.9 Å². The summed E-state index contributed by atoms with van der Waals surface area (Å²) in [6.45, 7) is 6.21. The summed E-state index contributed by atoms with van der Waals surface area (Å²) in [6, 6.07) is -0.679. The number of imidazole rings is 1. The van der Waals surface area contributed by atoms with Crippen LogP contribution in [0.15, 0.2) is 11.2 Å². The molecule has 0 aliphatic rings. The minimum absolute atomic E-state index is 0.0331. The van der Waals surface area contributed by atoms with E-state index >= 15 is 0 Å². The summed E-state index contributed by atoms with van der Waals surface area (Å²) in [5.74, 6) is 0.454. The summed E-state index contributed by atoms with van der Waals surface area (Å²) in [5.41, 5.74) is 5.40. The van der Waals surface area contributed by atoms with Gasteiger partial charge in [-0.05, 0) is 20.3 Å². The van der Waals surface area contributed by atoms with Crippen molar-refractivity contribution in [3.05, 3.63) is 12.0 Å². The van der Waals surface area contributed by atoms with Gasteiger partial charge < -0.3 is 10.3 Å². The minimum atomic E-state index is -3.74. The first-order chi connectivity index (χ1) is 8.81. The number of amidine groups is 1. The molecule has 1 heterocycles.